The maximum Gasteiger partial charge on any atom is 0.148 e. The molecule has 2 heteroatoms. The Labute approximate surface area is 178 Å². The molecule has 4 aromatic carbocycles. The Bertz CT molecular complexity index is 1450. The number of rotatable bonds is 2. The molecule has 6 rings (SSSR count). The molecule has 1 aliphatic rings. The number of hydrogen-bond acceptors (Lipinski definition) is 0. The summed E-state index contributed by atoms with van der Waals surface area (Å²) in [5.41, 5.74) is 10.6. The molecular formula is C28H23BN. The topological polar surface area (TPSA) is 4.93 Å². The third kappa shape index (κ3) is 2.25. The first-order chi connectivity index (χ1) is 14.6. The Kier molecular flexibility index (Phi) is 3.59. The van der Waals surface area contributed by atoms with Crippen molar-refractivity contribution in [2.24, 2.45) is 0 Å². The lowest BCUT2D eigenvalue weighted by Crippen LogP contribution is -2.15. The standard InChI is InChI=1S/C28H23BN/c1-28(2)24-13-6-4-11-20(24)22-16-23-21-12-5-7-14-26(21)30(27(23)17-25(22)28)19-10-8-9-18(15-19)29-3/h4-17H,1-3H3. The summed E-state index contributed by atoms with van der Waals surface area (Å²) >= 11 is 0. The van der Waals surface area contributed by atoms with Crippen LogP contribution in [0.5, 0.6) is 0 Å². The van der Waals surface area contributed by atoms with Crippen molar-refractivity contribution in [3.63, 3.8) is 0 Å². The van der Waals surface area contributed by atoms with Crippen molar-refractivity contribution >= 4 is 34.5 Å². The minimum absolute atomic E-state index is 0.000442. The lowest BCUT2D eigenvalue weighted by atomic mass is 9.73. The minimum atomic E-state index is 0.000442. The van der Waals surface area contributed by atoms with Gasteiger partial charge in [-0.3, -0.25) is 0 Å². The van der Waals surface area contributed by atoms with E-state index in [1.54, 1.807) is 0 Å². The Morgan fingerprint density at radius 3 is 2.33 bits per heavy atom. The van der Waals surface area contributed by atoms with E-state index >= 15 is 0 Å². The fraction of sp³-hybridized carbons (Fsp3) is 0.143. The average molecular weight is 384 g/mol. The van der Waals surface area contributed by atoms with E-state index in [1.165, 1.54) is 55.2 Å². The molecule has 0 fully saturated rings. The summed E-state index contributed by atoms with van der Waals surface area (Å²) in [6, 6.07) is 31.3. The largest absolute Gasteiger partial charge is 0.309 e. The zero-order chi connectivity index (χ0) is 20.5. The first-order valence-electron chi connectivity index (χ1n) is 10.7. The van der Waals surface area contributed by atoms with Gasteiger partial charge in [-0.05, 0) is 52.6 Å². The molecule has 0 atom stereocenters. The Balaban J connectivity index is 1.75. The monoisotopic (exact) mass is 384 g/mol. The molecule has 0 spiro atoms. The summed E-state index contributed by atoms with van der Waals surface area (Å²) in [5.74, 6) is 0. The van der Waals surface area contributed by atoms with E-state index in [2.05, 4.69) is 117 Å². The maximum absolute atomic E-state index is 2.44. The van der Waals surface area contributed by atoms with Gasteiger partial charge in [-0.2, -0.15) is 0 Å². The van der Waals surface area contributed by atoms with Gasteiger partial charge >= 0.3 is 0 Å². The normalized spacial score (nSPS) is 14.1. The van der Waals surface area contributed by atoms with Crippen molar-refractivity contribution in [2.45, 2.75) is 26.1 Å². The van der Waals surface area contributed by atoms with Gasteiger partial charge < -0.3 is 4.57 Å². The van der Waals surface area contributed by atoms with E-state index in [4.69, 9.17) is 0 Å². The molecule has 0 saturated carbocycles. The van der Waals surface area contributed by atoms with Crippen LogP contribution < -0.4 is 5.46 Å². The van der Waals surface area contributed by atoms with Crippen molar-refractivity contribution in [2.75, 3.05) is 0 Å². The number of fused-ring (bicyclic) bond motifs is 6. The van der Waals surface area contributed by atoms with Crippen LogP contribution in [0.15, 0.2) is 84.9 Å². The number of hydrogen-bond donors (Lipinski definition) is 0. The van der Waals surface area contributed by atoms with Gasteiger partial charge in [0.15, 0.2) is 0 Å². The van der Waals surface area contributed by atoms with E-state index < -0.39 is 0 Å². The molecular weight excluding hydrogens is 361 g/mol. The van der Waals surface area contributed by atoms with Gasteiger partial charge in [0.25, 0.3) is 0 Å². The van der Waals surface area contributed by atoms with E-state index in [-0.39, 0.29) is 5.41 Å². The number of para-hydroxylation sites is 1. The Hall–Kier alpha value is -3.26. The van der Waals surface area contributed by atoms with Gasteiger partial charge in [-0.15, -0.1) is 0 Å². The van der Waals surface area contributed by atoms with E-state index in [0.717, 1.165) is 0 Å². The van der Waals surface area contributed by atoms with Crippen LogP contribution in [-0.4, -0.2) is 11.8 Å². The summed E-state index contributed by atoms with van der Waals surface area (Å²) < 4.78 is 2.43. The van der Waals surface area contributed by atoms with Crippen molar-refractivity contribution < 1.29 is 0 Å². The van der Waals surface area contributed by atoms with Crippen LogP contribution in [0, 0.1) is 0 Å². The molecule has 1 nitrogen and oxygen atoms in total. The molecule has 5 aromatic rings. The lowest BCUT2D eigenvalue weighted by Gasteiger charge is -2.21. The molecule has 0 amide bonds. The van der Waals surface area contributed by atoms with Crippen molar-refractivity contribution in [1.82, 2.24) is 4.57 Å². The number of benzene rings is 4. The highest BCUT2D eigenvalue weighted by Gasteiger charge is 2.36. The summed E-state index contributed by atoms with van der Waals surface area (Å²) in [5, 5.41) is 2.63. The number of nitrogens with zero attached hydrogens (tertiary/aromatic N) is 1. The number of aromatic nitrogens is 1. The predicted molar refractivity (Wildman–Crippen MR) is 130 cm³/mol. The quantitative estimate of drug-likeness (QED) is 0.308. The second-order valence-electron chi connectivity index (χ2n) is 8.82. The van der Waals surface area contributed by atoms with Gasteiger partial charge in [0.05, 0.1) is 11.0 Å². The molecule has 0 aliphatic heterocycles. The van der Waals surface area contributed by atoms with Crippen LogP contribution in [0.1, 0.15) is 25.0 Å². The van der Waals surface area contributed by atoms with E-state index in [1.807, 2.05) is 0 Å². The van der Waals surface area contributed by atoms with Crippen LogP contribution in [0.25, 0.3) is 38.6 Å². The fourth-order valence-electron chi connectivity index (χ4n) is 5.28. The Morgan fingerprint density at radius 1 is 0.667 bits per heavy atom. The van der Waals surface area contributed by atoms with Crippen LogP contribution in [-0.2, 0) is 5.41 Å². The lowest BCUT2D eigenvalue weighted by molar-refractivity contribution is 0.661. The van der Waals surface area contributed by atoms with Crippen LogP contribution >= 0.6 is 0 Å². The highest BCUT2D eigenvalue weighted by atomic mass is 15.0. The average Bonchev–Trinajstić information content (AvgIpc) is 3.22. The van der Waals surface area contributed by atoms with Crippen molar-refractivity contribution in [3.8, 4) is 16.8 Å². The smallest absolute Gasteiger partial charge is 0.148 e. The zero-order valence-corrected chi connectivity index (χ0v) is 17.6. The summed E-state index contributed by atoms with van der Waals surface area (Å²) in [6.45, 7) is 6.80. The molecule has 1 aromatic heterocycles. The van der Waals surface area contributed by atoms with Crippen molar-refractivity contribution in [3.05, 3.63) is 96.1 Å². The predicted octanol–water partition coefficient (Wildman–Crippen LogP) is 6.47. The molecule has 1 radical (unpaired) electrons. The third-order valence-corrected chi connectivity index (χ3v) is 6.84. The van der Waals surface area contributed by atoms with Gasteiger partial charge in [0.2, 0.25) is 0 Å². The minimum Gasteiger partial charge on any atom is -0.309 e. The van der Waals surface area contributed by atoms with E-state index in [0.29, 0.717) is 0 Å². The molecule has 0 bridgehead atoms. The van der Waals surface area contributed by atoms with Crippen LogP contribution in [0.4, 0.5) is 0 Å². The molecule has 0 unspecified atom stereocenters. The molecule has 0 saturated heterocycles. The maximum atomic E-state index is 2.44. The van der Waals surface area contributed by atoms with Gasteiger partial charge in [-0.25, -0.2) is 0 Å². The highest BCUT2D eigenvalue weighted by Crippen LogP contribution is 2.50. The van der Waals surface area contributed by atoms with Gasteiger partial charge in [-0.1, -0.05) is 80.7 Å². The van der Waals surface area contributed by atoms with Gasteiger partial charge in [0, 0.05) is 21.9 Å². The fourth-order valence-corrected chi connectivity index (χ4v) is 5.28. The SMILES string of the molecule is C[B]c1cccc(-n2c3ccccc3c3cc4c(cc32)C(C)(C)c2ccccc2-4)c1. The van der Waals surface area contributed by atoms with E-state index in [9.17, 15) is 0 Å². The third-order valence-electron chi connectivity index (χ3n) is 6.84. The first-order valence-corrected chi connectivity index (χ1v) is 10.7. The first kappa shape index (κ1) is 17.6. The Morgan fingerprint density at radius 2 is 1.47 bits per heavy atom. The summed E-state index contributed by atoms with van der Waals surface area (Å²) in [6.07, 6.45) is 0. The molecule has 1 heterocycles. The van der Waals surface area contributed by atoms with Crippen LogP contribution in [0.3, 0.4) is 0 Å². The highest BCUT2D eigenvalue weighted by molar-refractivity contribution is 6.52. The second kappa shape index (κ2) is 6.12. The second-order valence-corrected chi connectivity index (χ2v) is 8.82. The summed E-state index contributed by atoms with van der Waals surface area (Å²) in [4.78, 5) is 0. The van der Waals surface area contributed by atoms with Crippen molar-refractivity contribution in [1.29, 1.82) is 0 Å². The molecule has 0 N–H and O–H groups in total. The molecule has 30 heavy (non-hydrogen) atoms. The molecule has 1 aliphatic carbocycles. The zero-order valence-electron chi connectivity index (χ0n) is 17.6. The van der Waals surface area contributed by atoms with Gasteiger partial charge in [0.1, 0.15) is 7.28 Å². The van der Waals surface area contributed by atoms with Crippen LogP contribution in [0.2, 0.25) is 6.82 Å². The molecule has 143 valence electrons. The summed E-state index contributed by atoms with van der Waals surface area (Å²) in [7, 11) is 2.16.